The summed E-state index contributed by atoms with van der Waals surface area (Å²) in [6, 6.07) is 0. The number of hydrogen-bond donors (Lipinski definition) is 3. The van der Waals surface area contributed by atoms with Gasteiger partial charge in [-0.15, -0.1) is 11.3 Å². The summed E-state index contributed by atoms with van der Waals surface area (Å²) in [5, 5.41) is 15.9. The zero-order chi connectivity index (χ0) is 15.6. The molecule has 0 radical (unpaired) electrons. The number of carboxylic acids is 1. The quantitative estimate of drug-likeness (QED) is 0.788. The van der Waals surface area contributed by atoms with E-state index in [0.29, 0.717) is 10.8 Å². The van der Waals surface area contributed by atoms with E-state index in [0.717, 1.165) is 22.9 Å². The number of nitrogens with one attached hydrogen (secondary N) is 2. The fraction of sp³-hybridized carbons (Fsp3) is 0.182. The second kappa shape index (κ2) is 5.97. The van der Waals surface area contributed by atoms with Gasteiger partial charge >= 0.3 is 5.97 Å². The van der Waals surface area contributed by atoms with Crippen LogP contribution < -0.4 is 10.6 Å². The fourth-order valence-electron chi connectivity index (χ4n) is 1.46. The number of aryl methyl sites for hydroxylation is 1. The first kappa shape index (κ1) is 15.1. The van der Waals surface area contributed by atoms with Gasteiger partial charge in [0.2, 0.25) is 5.91 Å². The van der Waals surface area contributed by atoms with Crippen molar-refractivity contribution in [3.05, 3.63) is 22.3 Å². The highest BCUT2D eigenvalue weighted by molar-refractivity contribution is 7.14. The molecule has 2 rings (SSSR count). The third-order valence-corrected chi connectivity index (χ3v) is 3.94. The Morgan fingerprint density at radius 1 is 1.29 bits per heavy atom. The van der Waals surface area contributed by atoms with Crippen molar-refractivity contribution in [1.29, 1.82) is 0 Å². The number of carbonyl (C=O) groups excluding carboxylic acids is 2. The molecule has 0 saturated heterocycles. The smallest absolute Gasteiger partial charge is 0.340 e. The lowest BCUT2D eigenvalue weighted by atomic mass is 10.2. The Bertz CT molecular complexity index is 722. The lowest BCUT2D eigenvalue weighted by Crippen LogP contribution is -2.14. The Labute approximate surface area is 127 Å². The van der Waals surface area contributed by atoms with Crippen molar-refractivity contribution in [2.45, 2.75) is 13.8 Å². The van der Waals surface area contributed by atoms with Gasteiger partial charge in [0, 0.05) is 12.3 Å². The molecular weight excluding hydrogens is 316 g/mol. The zero-order valence-corrected chi connectivity index (χ0v) is 12.6. The van der Waals surface area contributed by atoms with Gasteiger partial charge in [0.25, 0.3) is 5.91 Å². The predicted octanol–water partition coefficient (Wildman–Crippen LogP) is 1.82. The lowest BCUT2D eigenvalue weighted by Gasteiger charge is -2.01. The van der Waals surface area contributed by atoms with Gasteiger partial charge in [-0.3, -0.25) is 9.59 Å². The van der Waals surface area contributed by atoms with Crippen LogP contribution in [-0.4, -0.2) is 32.2 Å². The minimum atomic E-state index is -1.16. The normalized spacial score (nSPS) is 10.2. The van der Waals surface area contributed by atoms with E-state index in [2.05, 4.69) is 20.0 Å². The van der Waals surface area contributed by atoms with Crippen molar-refractivity contribution in [3.8, 4) is 0 Å². The number of carbonyl (C=O) groups is 3. The average Bonchev–Trinajstić information content (AvgIpc) is 2.95. The van der Waals surface area contributed by atoms with E-state index in [1.807, 2.05) is 0 Å². The van der Waals surface area contributed by atoms with Gasteiger partial charge in [0.15, 0.2) is 5.13 Å². The third-order valence-electron chi connectivity index (χ3n) is 2.32. The van der Waals surface area contributed by atoms with Crippen molar-refractivity contribution < 1.29 is 19.5 Å². The number of amides is 2. The van der Waals surface area contributed by atoms with Gasteiger partial charge in [-0.25, -0.2) is 9.78 Å². The Balaban J connectivity index is 2.17. The summed E-state index contributed by atoms with van der Waals surface area (Å²) in [4.78, 5) is 37.9. The highest BCUT2D eigenvalue weighted by Crippen LogP contribution is 2.25. The molecule has 0 aromatic carbocycles. The first-order valence-corrected chi connectivity index (χ1v) is 7.28. The molecular formula is C11H10N4O4S2. The van der Waals surface area contributed by atoms with E-state index in [-0.39, 0.29) is 22.2 Å². The van der Waals surface area contributed by atoms with Crippen LogP contribution in [0, 0.1) is 6.92 Å². The maximum Gasteiger partial charge on any atom is 0.340 e. The van der Waals surface area contributed by atoms with Gasteiger partial charge in [0.05, 0.1) is 5.69 Å². The van der Waals surface area contributed by atoms with Crippen LogP contribution in [0.15, 0.2) is 5.38 Å². The van der Waals surface area contributed by atoms with Crippen molar-refractivity contribution in [2.75, 3.05) is 10.6 Å². The molecule has 0 unspecified atom stereocenters. The Kier molecular flexibility index (Phi) is 4.29. The molecule has 110 valence electrons. The highest BCUT2D eigenvalue weighted by atomic mass is 32.1. The minimum Gasteiger partial charge on any atom is -0.478 e. The van der Waals surface area contributed by atoms with Crippen molar-refractivity contribution >= 4 is 50.8 Å². The molecule has 3 N–H and O–H groups in total. The fourth-order valence-corrected chi connectivity index (χ4v) is 2.98. The summed E-state index contributed by atoms with van der Waals surface area (Å²) in [6.45, 7) is 2.88. The van der Waals surface area contributed by atoms with Crippen LogP contribution in [0.4, 0.5) is 10.1 Å². The topological polar surface area (TPSA) is 121 Å². The summed E-state index contributed by atoms with van der Waals surface area (Å²) in [5.41, 5.74) is 0.386. The van der Waals surface area contributed by atoms with Crippen molar-refractivity contribution in [3.63, 3.8) is 0 Å². The van der Waals surface area contributed by atoms with Crippen LogP contribution in [0.1, 0.15) is 33.5 Å². The molecule has 2 heterocycles. The Hall–Kier alpha value is -2.33. The van der Waals surface area contributed by atoms with Crippen molar-refractivity contribution in [2.24, 2.45) is 0 Å². The second-order valence-electron chi connectivity index (χ2n) is 3.95. The number of carboxylic acid groups (broad SMARTS) is 1. The van der Waals surface area contributed by atoms with Crippen LogP contribution in [0.25, 0.3) is 0 Å². The third kappa shape index (κ3) is 3.41. The lowest BCUT2D eigenvalue weighted by molar-refractivity contribution is -0.114. The van der Waals surface area contributed by atoms with E-state index < -0.39 is 11.9 Å². The first-order valence-electron chi connectivity index (χ1n) is 5.62. The van der Waals surface area contributed by atoms with Gasteiger partial charge in [-0.1, -0.05) is 0 Å². The molecule has 0 aliphatic carbocycles. The van der Waals surface area contributed by atoms with E-state index >= 15 is 0 Å². The molecule has 0 fully saturated rings. The number of hydrogen-bond acceptors (Lipinski definition) is 7. The van der Waals surface area contributed by atoms with Crippen LogP contribution in [0.2, 0.25) is 0 Å². The van der Waals surface area contributed by atoms with Crippen LogP contribution in [0.3, 0.4) is 0 Å². The summed E-state index contributed by atoms with van der Waals surface area (Å²) in [6.07, 6.45) is 0. The molecule has 21 heavy (non-hydrogen) atoms. The SMILES string of the molecule is CC(=O)Nc1nc(C(=O)Nc2snc(C)c2C(=O)O)cs1. The standard InChI is InChI=1S/C11H10N4O4S2/c1-4-7(10(18)19)9(21-15-4)14-8(17)6-3-20-11(13-6)12-5(2)16/h3H,1-2H3,(H,14,17)(H,18,19)(H,12,13,16). The molecule has 0 bridgehead atoms. The molecule has 0 spiro atoms. The van der Waals surface area contributed by atoms with Gasteiger partial charge in [-0.05, 0) is 18.5 Å². The number of rotatable bonds is 4. The molecule has 2 aromatic heterocycles. The zero-order valence-electron chi connectivity index (χ0n) is 11.0. The number of aromatic nitrogens is 2. The van der Waals surface area contributed by atoms with E-state index in [1.54, 1.807) is 6.92 Å². The van der Waals surface area contributed by atoms with Gasteiger partial charge in [-0.2, -0.15) is 4.37 Å². The molecule has 10 heteroatoms. The highest BCUT2D eigenvalue weighted by Gasteiger charge is 2.20. The van der Waals surface area contributed by atoms with E-state index in [1.165, 1.54) is 12.3 Å². The van der Waals surface area contributed by atoms with Gasteiger partial charge in [0.1, 0.15) is 16.3 Å². The second-order valence-corrected chi connectivity index (χ2v) is 5.58. The van der Waals surface area contributed by atoms with E-state index in [9.17, 15) is 14.4 Å². The minimum absolute atomic E-state index is 0.0364. The molecule has 0 atom stereocenters. The molecule has 0 aliphatic heterocycles. The summed E-state index contributed by atoms with van der Waals surface area (Å²) >= 11 is 1.99. The molecule has 0 saturated carbocycles. The molecule has 0 aliphatic rings. The number of aromatic carboxylic acids is 1. The first-order chi connectivity index (χ1) is 9.88. The van der Waals surface area contributed by atoms with E-state index in [4.69, 9.17) is 5.11 Å². The largest absolute Gasteiger partial charge is 0.478 e. The number of nitrogens with zero attached hydrogens (tertiary/aromatic N) is 2. The monoisotopic (exact) mass is 326 g/mol. The summed E-state index contributed by atoms with van der Waals surface area (Å²) in [7, 11) is 0. The average molecular weight is 326 g/mol. The number of anilines is 2. The van der Waals surface area contributed by atoms with Crippen LogP contribution >= 0.6 is 22.9 Å². The molecule has 2 amide bonds. The predicted molar refractivity (Wildman–Crippen MR) is 78.2 cm³/mol. The number of thiazole rings is 1. The van der Waals surface area contributed by atoms with Gasteiger partial charge < -0.3 is 15.7 Å². The molecule has 2 aromatic rings. The van der Waals surface area contributed by atoms with Crippen molar-refractivity contribution in [1.82, 2.24) is 9.36 Å². The maximum atomic E-state index is 12.0. The Morgan fingerprint density at radius 2 is 2.00 bits per heavy atom. The van der Waals surface area contributed by atoms with Crippen LogP contribution in [-0.2, 0) is 4.79 Å². The van der Waals surface area contributed by atoms with Crippen LogP contribution in [0.5, 0.6) is 0 Å². The summed E-state index contributed by atoms with van der Waals surface area (Å²) < 4.78 is 3.90. The molecule has 8 nitrogen and oxygen atoms in total. The summed E-state index contributed by atoms with van der Waals surface area (Å²) in [5.74, 6) is -2.01. The maximum absolute atomic E-state index is 12.0. The Morgan fingerprint density at radius 3 is 2.62 bits per heavy atom.